The fourth-order valence-corrected chi connectivity index (χ4v) is 2.71. The van der Waals surface area contributed by atoms with E-state index in [1.165, 1.54) is 6.42 Å². The molecule has 0 fully saturated rings. The van der Waals surface area contributed by atoms with Crippen molar-refractivity contribution in [1.82, 2.24) is 0 Å². The molecule has 2 aromatic rings. The monoisotopic (exact) mass is 262 g/mol. The van der Waals surface area contributed by atoms with Crippen LogP contribution < -0.4 is 0 Å². The second-order valence-corrected chi connectivity index (χ2v) is 5.33. The number of aromatic hydroxyl groups is 1. The second-order valence-electron chi connectivity index (χ2n) is 5.33. The Morgan fingerprint density at radius 2 is 1.50 bits per heavy atom. The van der Waals surface area contributed by atoms with E-state index in [1.54, 1.807) is 12.1 Å². The Morgan fingerprint density at radius 3 is 2.05 bits per heavy atom. The maximum Gasteiger partial charge on any atom is 0.116 e. The van der Waals surface area contributed by atoms with Crippen LogP contribution in [0.25, 0.3) is 16.8 Å². The lowest BCUT2D eigenvalue weighted by atomic mass is 10.1. The van der Waals surface area contributed by atoms with E-state index in [9.17, 15) is 5.11 Å². The van der Waals surface area contributed by atoms with Crippen molar-refractivity contribution in [2.24, 2.45) is 11.8 Å². The molecule has 0 radical (unpaired) electrons. The second kappa shape index (κ2) is 5.38. The van der Waals surface area contributed by atoms with Crippen LogP contribution >= 0.6 is 0 Å². The lowest BCUT2D eigenvalue weighted by molar-refractivity contribution is 0.476. The third-order valence-corrected chi connectivity index (χ3v) is 3.84. The first-order valence-electron chi connectivity index (χ1n) is 6.96. The SMILES string of the molecule is C1=CC2C=CC1C2.C=Cc1ccc2cc(O)ccc2c1. The van der Waals surface area contributed by atoms with Gasteiger partial charge in [0.1, 0.15) is 5.75 Å². The third kappa shape index (κ3) is 2.67. The van der Waals surface area contributed by atoms with Gasteiger partial charge in [0.25, 0.3) is 0 Å². The molecule has 0 unspecified atom stereocenters. The Hall–Kier alpha value is -2.28. The van der Waals surface area contributed by atoms with Crippen LogP contribution in [0.5, 0.6) is 5.75 Å². The molecule has 1 nitrogen and oxygen atoms in total. The molecule has 4 rings (SSSR count). The number of benzene rings is 2. The first kappa shape index (κ1) is 12.7. The van der Waals surface area contributed by atoms with Gasteiger partial charge in [-0.25, -0.2) is 0 Å². The summed E-state index contributed by atoms with van der Waals surface area (Å²) in [5, 5.41) is 11.4. The Bertz CT molecular complexity index is 666. The van der Waals surface area contributed by atoms with E-state index in [0.29, 0.717) is 5.75 Å². The van der Waals surface area contributed by atoms with E-state index >= 15 is 0 Å². The number of hydrogen-bond acceptors (Lipinski definition) is 1. The highest BCUT2D eigenvalue weighted by molar-refractivity contribution is 5.85. The van der Waals surface area contributed by atoms with Crippen molar-refractivity contribution in [3.05, 3.63) is 72.8 Å². The molecule has 20 heavy (non-hydrogen) atoms. The quantitative estimate of drug-likeness (QED) is 0.722. The summed E-state index contributed by atoms with van der Waals surface area (Å²) < 4.78 is 0. The zero-order chi connectivity index (χ0) is 13.9. The number of phenolic OH excluding ortho intramolecular Hbond substituents is 1. The number of hydrogen-bond donors (Lipinski definition) is 1. The van der Waals surface area contributed by atoms with Gasteiger partial charge < -0.3 is 5.11 Å². The standard InChI is InChI=1S/C12H10O.C7H8/c1-2-9-3-4-11-8-12(13)6-5-10(11)7-9;1-2-7-4-3-6(1)5-7/h2-8,13H,1H2;1-4,6-7H,5H2. The number of phenols is 1. The highest BCUT2D eigenvalue weighted by atomic mass is 16.3. The normalized spacial score (nSPS) is 21.8. The summed E-state index contributed by atoms with van der Waals surface area (Å²) in [6.45, 7) is 3.71. The Morgan fingerprint density at radius 1 is 0.900 bits per heavy atom. The van der Waals surface area contributed by atoms with Crippen LogP contribution in [0.3, 0.4) is 0 Å². The minimum atomic E-state index is 0.304. The van der Waals surface area contributed by atoms with Crippen molar-refractivity contribution in [3.8, 4) is 5.75 Å². The highest BCUT2D eigenvalue weighted by Crippen LogP contribution is 2.31. The fraction of sp³-hybridized carbons (Fsp3) is 0.158. The summed E-state index contributed by atoms with van der Waals surface area (Å²) in [5.41, 5.74) is 1.10. The van der Waals surface area contributed by atoms with Crippen LogP contribution in [-0.2, 0) is 0 Å². The van der Waals surface area contributed by atoms with Gasteiger partial charge in [0.2, 0.25) is 0 Å². The van der Waals surface area contributed by atoms with Crippen molar-refractivity contribution in [2.75, 3.05) is 0 Å². The van der Waals surface area contributed by atoms with Crippen molar-refractivity contribution in [3.63, 3.8) is 0 Å². The van der Waals surface area contributed by atoms with Gasteiger partial charge in [-0.05, 0) is 52.8 Å². The van der Waals surface area contributed by atoms with E-state index in [0.717, 1.165) is 28.2 Å². The first-order chi connectivity index (χ1) is 9.74. The average Bonchev–Trinajstić information content (AvgIpc) is 3.12. The van der Waals surface area contributed by atoms with Crippen LogP contribution in [0, 0.1) is 11.8 Å². The van der Waals surface area contributed by atoms with Gasteiger partial charge in [0.15, 0.2) is 0 Å². The van der Waals surface area contributed by atoms with Crippen molar-refractivity contribution < 1.29 is 5.11 Å². The number of rotatable bonds is 1. The van der Waals surface area contributed by atoms with Crippen LogP contribution in [0.15, 0.2) is 67.3 Å². The Kier molecular flexibility index (Phi) is 3.42. The molecule has 2 bridgehead atoms. The summed E-state index contributed by atoms with van der Waals surface area (Å²) in [5.74, 6) is 1.92. The summed E-state index contributed by atoms with van der Waals surface area (Å²) >= 11 is 0. The van der Waals surface area contributed by atoms with E-state index in [4.69, 9.17) is 0 Å². The fourth-order valence-electron chi connectivity index (χ4n) is 2.71. The van der Waals surface area contributed by atoms with Crippen LogP contribution in [0.4, 0.5) is 0 Å². The summed E-state index contributed by atoms with van der Waals surface area (Å²) in [6.07, 6.45) is 12.4. The molecule has 0 saturated heterocycles. The lowest BCUT2D eigenvalue weighted by Crippen LogP contribution is -1.79. The summed E-state index contributed by atoms with van der Waals surface area (Å²) in [7, 11) is 0. The largest absolute Gasteiger partial charge is 0.508 e. The lowest BCUT2D eigenvalue weighted by Gasteiger charge is -1.99. The molecule has 0 spiro atoms. The maximum absolute atomic E-state index is 9.24. The van der Waals surface area contributed by atoms with Crippen molar-refractivity contribution in [1.29, 1.82) is 0 Å². The van der Waals surface area contributed by atoms with Crippen molar-refractivity contribution in [2.45, 2.75) is 6.42 Å². The molecule has 100 valence electrons. The molecule has 0 aliphatic heterocycles. The molecular weight excluding hydrogens is 244 g/mol. The molecule has 1 heteroatoms. The Balaban J connectivity index is 0.000000144. The zero-order valence-electron chi connectivity index (χ0n) is 11.4. The van der Waals surface area contributed by atoms with Crippen LogP contribution in [-0.4, -0.2) is 5.11 Å². The summed E-state index contributed by atoms with van der Waals surface area (Å²) in [4.78, 5) is 0. The van der Waals surface area contributed by atoms with Crippen LogP contribution in [0.1, 0.15) is 12.0 Å². The minimum Gasteiger partial charge on any atom is -0.508 e. The minimum absolute atomic E-state index is 0.304. The van der Waals surface area contributed by atoms with E-state index in [-0.39, 0.29) is 0 Å². The molecule has 2 aromatic carbocycles. The maximum atomic E-state index is 9.24. The molecule has 0 saturated carbocycles. The smallest absolute Gasteiger partial charge is 0.116 e. The van der Waals surface area contributed by atoms with E-state index < -0.39 is 0 Å². The molecule has 0 heterocycles. The van der Waals surface area contributed by atoms with Gasteiger partial charge >= 0.3 is 0 Å². The topological polar surface area (TPSA) is 20.2 Å². The third-order valence-electron chi connectivity index (χ3n) is 3.84. The Labute approximate surface area is 119 Å². The number of allylic oxidation sites excluding steroid dienone is 4. The molecular formula is C19H18O. The van der Waals surface area contributed by atoms with Gasteiger partial charge in [-0.3, -0.25) is 0 Å². The first-order valence-corrected chi connectivity index (χ1v) is 6.96. The molecule has 2 aliphatic rings. The summed E-state index contributed by atoms with van der Waals surface area (Å²) in [6, 6.07) is 11.3. The van der Waals surface area contributed by atoms with E-state index in [2.05, 4.69) is 30.9 Å². The van der Waals surface area contributed by atoms with E-state index in [1.807, 2.05) is 30.3 Å². The molecule has 0 amide bonds. The molecule has 0 atom stereocenters. The van der Waals surface area contributed by atoms with Gasteiger partial charge in [-0.2, -0.15) is 0 Å². The average molecular weight is 262 g/mol. The van der Waals surface area contributed by atoms with Gasteiger partial charge in [0, 0.05) is 0 Å². The zero-order valence-corrected chi connectivity index (χ0v) is 11.4. The van der Waals surface area contributed by atoms with Gasteiger partial charge in [-0.1, -0.05) is 55.2 Å². The van der Waals surface area contributed by atoms with Crippen LogP contribution in [0.2, 0.25) is 0 Å². The predicted molar refractivity (Wildman–Crippen MR) is 85.6 cm³/mol. The molecule has 2 aliphatic carbocycles. The van der Waals surface area contributed by atoms with Gasteiger partial charge in [0.05, 0.1) is 0 Å². The predicted octanol–water partition coefficient (Wildman–Crippen LogP) is 4.94. The number of fused-ring (bicyclic) bond motifs is 3. The molecule has 1 N–H and O–H groups in total. The van der Waals surface area contributed by atoms with Gasteiger partial charge in [-0.15, -0.1) is 0 Å². The highest BCUT2D eigenvalue weighted by Gasteiger charge is 2.19. The molecule has 0 aromatic heterocycles. The van der Waals surface area contributed by atoms with Crippen molar-refractivity contribution >= 4 is 16.8 Å².